The van der Waals surface area contributed by atoms with E-state index in [1.165, 1.54) is 17.4 Å². The van der Waals surface area contributed by atoms with E-state index in [0.717, 1.165) is 9.88 Å². The summed E-state index contributed by atoms with van der Waals surface area (Å²) in [5.74, 6) is -0.362. The van der Waals surface area contributed by atoms with Gasteiger partial charge in [0.05, 0.1) is 16.3 Å². The number of sulfonamides is 1. The van der Waals surface area contributed by atoms with Gasteiger partial charge >= 0.3 is 0 Å². The lowest BCUT2D eigenvalue weighted by atomic mass is 10.2. The van der Waals surface area contributed by atoms with Gasteiger partial charge in [-0.15, -0.1) is 29.3 Å². The van der Waals surface area contributed by atoms with Crippen molar-refractivity contribution in [3.05, 3.63) is 70.6 Å². The molecule has 0 spiro atoms. The summed E-state index contributed by atoms with van der Waals surface area (Å²) in [5.41, 5.74) is 1.90. The molecule has 0 radical (unpaired) electrons. The number of hydrogen-bond acceptors (Lipinski definition) is 6. The normalized spacial score (nSPS) is 11.3. The van der Waals surface area contributed by atoms with Crippen molar-refractivity contribution >= 4 is 44.3 Å². The molecule has 146 valence electrons. The van der Waals surface area contributed by atoms with Gasteiger partial charge in [0.15, 0.2) is 0 Å². The Balaban J connectivity index is 1.67. The van der Waals surface area contributed by atoms with Crippen LogP contribution in [-0.4, -0.2) is 25.9 Å². The van der Waals surface area contributed by atoms with Gasteiger partial charge in [0, 0.05) is 12.2 Å². The molecule has 3 aromatic rings. The number of nitrogens with one attached hydrogen (secondary N) is 2. The summed E-state index contributed by atoms with van der Waals surface area (Å²) in [5, 5.41) is 5.64. The first-order chi connectivity index (χ1) is 13.4. The molecule has 0 saturated carbocycles. The van der Waals surface area contributed by atoms with Gasteiger partial charge in [-0.05, 0) is 36.1 Å². The van der Waals surface area contributed by atoms with Crippen LogP contribution < -0.4 is 10.0 Å². The Bertz CT molecular complexity index is 1070. The van der Waals surface area contributed by atoms with Gasteiger partial charge in [-0.3, -0.25) is 4.79 Å². The van der Waals surface area contributed by atoms with Gasteiger partial charge in [0.25, 0.3) is 5.91 Å². The van der Waals surface area contributed by atoms with Gasteiger partial charge in [0.2, 0.25) is 10.0 Å². The standard InChI is InChI=1S/C19H19N3O3S3/c1-3-10-20-28(24,25)12-14-6-8-15(9-7-14)22-18(23)17-13(2)21-19(27-17)16-5-4-11-26-16/h3-9,11,20H,1,10,12H2,2H3,(H,22,23). The number of nitrogens with zero attached hydrogens (tertiary/aromatic N) is 1. The van der Waals surface area contributed by atoms with Gasteiger partial charge in [0.1, 0.15) is 9.88 Å². The Kier molecular flexibility index (Phi) is 6.40. The van der Waals surface area contributed by atoms with Crippen LogP contribution in [0.2, 0.25) is 0 Å². The average molecular weight is 434 g/mol. The molecule has 3 rings (SSSR count). The first kappa shape index (κ1) is 20.4. The number of hydrogen-bond donors (Lipinski definition) is 2. The molecule has 2 N–H and O–H groups in total. The molecule has 0 unspecified atom stereocenters. The molecule has 9 heteroatoms. The van der Waals surface area contributed by atoms with Crippen molar-refractivity contribution in [2.45, 2.75) is 12.7 Å². The Morgan fingerprint density at radius 2 is 2.00 bits per heavy atom. The molecule has 0 atom stereocenters. The van der Waals surface area contributed by atoms with Crippen LogP contribution in [0.15, 0.2) is 54.4 Å². The van der Waals surface area contributed by atoms with Crippen LogP contribution in [-0.2, 0) is 15.8 Å². The molecule has 2 heterocycles. The molecular formula is C19H19N3O3S3. The fourth-order valence-electron chi connectivity index (χ4n) is 2.44. The Hall–Kier alpha value is -2.33. The average Bonchev–Trinajstić information content (AvgIpc) is 3.31. The number of thiazole rings is 1. The third-order valence-corrected chi connectivity index (χ3v) is 7.27. The Morgan fingerprint density at radius 3 is 2.64 bits per heavy atom. The second-order valence-corrected chi connectivity index (χ2v) is 9.71. The lowest BCUT2D eigenvalue weighted by Crippen LogP contribution is -2.25. The molecule has 0 fully saturated rings. The largest absolute Gasteiger partial charge is 0.321 e. The zero-order chi connectivity index (χ0) is 20.1. The van der Waals surface area contributed by atoms with Crippen LogP contribution in [0.1, 0.15) is 20.9 Å². The predicted molar refractivity (Wildman–Crippen MR) is 115 cm³/mol. The molecule has 0 aliphatic carbocycles. The highest BCUT2D eigenvalue weighted by molar-refractivity contribution is 7.88. The zero-order valence-electron chi connectivity index (χ0n) is 15.1. The number of aryl methyl sites for hydroxylation is 1. The molecule has 0 aliphatic rings. The van der Waals surface area contributed by atoms with Crippen molar-refractivity contribution in [1.29, 1.82) is 0 Å². The highest BCUT2D eigenvalue weighted by Crippen LogP contribution is 2.31. The van der Waals surface area contributed by atoms with Crippen LogP contribution in [0.4, 0.5) is 5.69 Å². The van der Waals surface area contributed by atoms with Gasteiger partial charge in [-0.2, -0.15) is 0 Å². The summed E-state index contributed by atoms with van der Waals surface area (Å²) in [6.45, 7) is 5.49. The molecule has 28 heavy (non-hydrogen) atoms. The first-order valence-electron chi connectivity index (χ1n) is 8.38. The smallest absolute Gasteiger partial charge is 0.267 e. The van der Waals surface area contributed by atoms with E-state index in [0.29, 0.717) is 21.8 Å². The van der Waals surface area contributed by atoms with Crippen molar-refractivity contribution in [2.24, 2.45) is 0 Å². The van der Waals surface area contributed by atoms with E-state index in [4.69, 9.17) is 0 Å². The van der Waals surface area contributed by atoms with Crippen molar-refractivity contribution in [3.8, 4) is 9.88 Å². The summed E-state index contributed by atoms with van der Waals surface area (Å²) in [6, 6.07) is 10.7. The van der Waals surface area contributed by atoms with Crippen molar-refractivity contribution < 1.29 is 13.2 Å². The summed E-state index contributed by atoms with van der Waals surface area (Å²) in [4.78, 5) is 18.7. The van der Waals surface area contributed by atoms with Crippen LogP contribution in [0, 0.1) is 6.92 Å². The van der Waals surface area contributed by atoms with Crippen LogP contribution in [0.25, 0.3) is 9.88 Å². The number of thiophene rings is 1. The zero-order valence-corrected chi connectivity index (χ0v) is 17.6. The molecule has 0 saturated heterocycles. The summed E-state index contributed by atoms with van der Waals surface area (Å²) >= 11 is 2.94. The molecule has 1 aromatic carbocycles. The fraction of sp³-hybridized carbons (Fsp3) is 0.158. The Labute approximate surface area is 172 Å². The maximum atomic E-state index is 12.6. The van der Waals surface area contributed by atoms with E-state index < -0.39 is 10.0 Å². The van der Waals surface area contributed by atoms with Gasteiger partial charge in [-0.25, -0.2) is 18.1 Å². The first-order valence-corrected chi connectivity index (χ1v) is 11.7. The number of carbonyl (C=O) groups excluding carboxylic acids is 1. The van der Waals surface area contributed by atoms with E-state index in [1.54, 1.807) is 35.6 Å². The van der Waals surface area contributed by atoms with Gasteiger partial charge in [-0.1, -0.05) is 24.3 Å². The highest BCUT2D eigenvalue weighted by atomic mass is 32.2. The van der Waals surface area contributed by atoms with E-state index in [2.05, 4.69) is 21.6 Å². The molecule has 6 nitrogen and oxygen atoms in total. The maximum absolute atomic E-state index is 12.6. The minimum absolute atomic E-state index is 0.132. The summed E-state index contributed by atoms with van der Waals surface area (Å²) in [6.07, 6.45) is 1.49. The number of aromatic nitrogens is 1. The highest BCUT2D eigenvalue weighted by Gasteiger charge is 2.17. The second-order valence-electron chi connectivity index (χ2n) is 5.96. The molecular weight excluding hydrogens is 414 g/mol. The van der Waals surface area contributed by atoms with E-state index in [1.807, 2.05) is 24.4 Å². The van der Waals surface area contributed by atoms with Crippen molar-refractivity contribution in [3.63, 3.8) is 0 Å². The monoisotopic (exact) mass is 433 g/mol. The third-order valence-electron chi connectivity index (χ3n) is 3.75. The lowest BCUT2D eigenvalue weighted by Gasteiger charge is -2.07. The number of amides is 1. The lowest BCUT2D eigenvalue weighted by molar-refractivity contribution is 0.103. The quantitative estimate of drug-likeness (QED) is 0.525. The number of anilines is 1. The number of carbonyl (C=O) groups is 1. The van der Waals surface area contributed by atoms with E-state index >= 15 is 0 Å². The minimum atomic E-state index is -3.41. The number of benzene rings is 1. The molecule has 0 aliphatic heterocycles. The SMILES string of the molecule is C=CCNS(=O)(=O)Cc1ccc(NC(=O)c2sc(-c3cccs3)nc2C)cc1. The van der Waals surface area contributed by atoms with Crippen LogP contribution >= 0.6 is 22.7 Å². The number of rotatable bonds is 8. The topological polar surface area (TPSA) is 88.2 Å². The van der Waals surface area contributed by atoms with Crippen molar-refractivity contribution in [2.75, 3.05) is 11.9 Å². The molecule has 0 bridgehead atoms. The molecule has 1 amide bonds. The fourth-order valence-corrected chi connectivity index (χ4v) is 5.30. The maximum Gasteiger partial charge on any atom is 0.267 e. The van der Waals surface area contributed by atoms with Crippen molar-refractivity contribution in [1.82, 2.24) is 9.71 Å². The van der Waals surface area contributed by atoms with Crippen LogP contribution in [0.5, 0.6) is 0 Å². The Morgan fingerprint density at radius 1 is 1.25 bits per heavy atom. The van der Waals surface area contributed by atoms with E-state index in [9.17, 15) is 13.2 Å². The second kappa shape index (κ2) is 8.78. The van der Waals surface area contributed by atoms with E-state index in [-0.39, 0.29) is 18.2 Å². The molecule has 2 aromatic heterocycles. The predicted octanol–water partition coefficient (Wildman–Crippen LogP) is 4.04. The van der Waals surface area contributed by atoms with Gasteiger partial charge < -0.3 is 5.32 Å². The van der Waals surface area contributed by atoms with Crippen LogP contribution in [0.3, 0.4) is 0 Å². The minimum Gasteiger partial charge on any atom is -0.321 e. The summed E-state index contributed by atoms with van der Waals surface area (Å²) < 4.78 is 26.2. The third kappa shape index (κ3) is 5.14. The summed E-state index contributed by atoms with van der Waals surface area (Å²) in [7, 11) is -3.41.